The largest absolute Gasteiger partial charge is 0.379 e. The number of hydrogen-bond acceptors (Lipinski definition) is 3. The molecule has 0 aliphatic rings. The van der Waals surface area contributed by atoms with Crippen LogP contribution in [0, 0.1) is 12.7 Å². The lowest BCUT2D eigenvalue weighted by atomic mass is 10.2. The molecule has 0 fully saturated rings. The Bertz CT molecular complexity index is 471. The van der Waals surface area contributed by atoms with Gasteiger partial charge in [0.1, 0.15) is 5.82 Å². The fourth-order valence-electron chi connectivity index (χ4n) is 1.32. The topological polar surface area (TPSA) is 37.8 Å². The van der Waals surface area contributed by atoms with E-state index in [1.165, 1.54) is 6.07 Å². The summed E-state index contributed by atoms with van der Waals surface area (Å²) in [6, 6.07) is 5.06. The van der Waals surface area contributed by atoms with Crippen LogP contribution in [0.4, 0.5) is 10.1 Å². The minimum Gasteiger partial charge on any atom is -0.379 e. The van der Waals surface area contributed by atoms with Crippen molar-refractivity contribution in [3.63, 3.8) is 0 Å². The van der Waals surface area contributed by atoms with Gasteiger partial charge in [0.05, 0.1) is 18.4 Å². The summed E-state index contributed by atoms with van der Waals surface area (Å²) in [5.74, 6) is -0.204. The molecule has 4 heteroatoms. The van der Waals surface area contributed by atoms with Crippen LogP contribution in [0.5, 0.6) is 0 Å². The first-order valence-electron chi connectivity index (χ1n) is 5.00. The molecule has 0 radical (unpaired) electrons. The van der Waals surface area contributed by atoms with Gasteiger partial charge in [-0.05, 0) is 24.6 Å². The number of rotatable bonds is 3. The number of benzene rings is 1. The summed E-state index contributed by atoms with van der Waals surface area (Å²) in [6.45, 7) is 2.28. The summed E-state index contributed by atoms with van der Waals surface area (Å²) in [6.07, 6.45) is 4.93. The highest BCUT2D eigenvalue weighted by Crippen LogP contribution is 2.13. The van der Waals surface area contributed by atoms with Gasteiger partial charge in [-0.1, -0.05) is 6.07 Å². The minimum atomic E-state index is -0.204. The number of nitrogens with zero attached hydrogens (tertiary/aromatic N) is 2. The number of aryl methyl sites for hydroxylation is 1. The average molecular weight is 217 g/mol. The zero-order chi connectivity index (χ0) is 11.4. The predicted molar refractivity (Wildman–Crippen MR) is 60.5 cm³/mol. The Hall–Kier alpha value is -1.97. The summed E-state index contributed by atoms with van der Waals surface area (Å²) >= 11 is 0. The van der Waals surface area contributed by atoms with E-state index < -0.39 is 0 Å². The van der Waals surface area contributed by atoms with E-state index in [9.17, 15) is 4.39 Å². The molecule has 82 valence electrons. The molecule has 0 amide bonds. The van der Waals surface area contributed by atoms with Crippen LogP contribution in [0.25, 0.3) is 0 Å². The van der Waals surface area contributed by atoms with E-state index in [1.807, 2.05) is 6.07 Å². The SMILES string of the molecule is Cc1ccc(NCc2cnccn2)cc1F. The molecule has 0 unspecified atom stereocenters. The van der Waals surface area contributed by atoms with E-state index in [0.717, 1.165) is 11.4 Å². The Balaban J connectivity index is 2.03. The highest BCUT2D eigenvalue weighted by atomic mass is 19.1. The fourth-order valence-corrected chi connectivity index (χ4v) is 1.32. The lowest BCUT2D eigenvalue weighted by Crippen LogP contribution is -2.02. The van der Waals surface area contributed by atoms with E-state index in [2.05, 4.69) is 15.3 Å². The first kappa shape index (κ1) is 10.5. The molecule has 3 nitrogen and oxygen atoms in total. The smallest absolute Gasteiger partial charge is 0.128 e. The number of nitrogens with one attached hydrogen (secondary N) is 1. The molecule has 0 aliphatic carbocycles. The molecule has 1 aromatic heterocycles. The van der Waals surface area contributed by atoms with E-state index >= 15 is 0 Å². The van der Waals surface area contributed by atoms with Crippen LogP contribution in [-0.2, 0) is 6.54 Å². The third kappa shape index (κ3) is 2.53. The Morgan fingerprint density at radius 3 is 2.88 bits per heavy atom. The molecule has 0 bridgehead atoms. The van der Waals surface area contributed by atoms with E-state index in [0.29, 0.717) is 12.1 Å². The van der Waals surface area contributed by atoms with E-state index in [-0.39, 0.29) is 5.82 Å². The lowest BCUT2D eigenvalue weighted by Gasteiger charge is -2.06. The Morgan fingerprint density at radius 1 is 1.31 bits per heavy atom. The number of anilines is 1. The first-order valence-corrected chi connectivity index (χ1v) is 5.00. The van der Waals surface area contributed by atoms with Crippen LogP contribution in [0.3, 0.4) is 0 Å². The highest BCUT2D eigenvalue weighted by Gasteiger charge is 1.99. The Kier molecular flexibility index (Phi) is 3.10. The van der Waals surface area contributed by atoms with Gasteiger partial charge in [-0.2, -0.15) is 0 Å². The second-order valence-corrected chi connectivity index (χ2v) is 3.51. The van der Waals surface area contributed by atoms with Gasteiger partial charge in [0.15, 0.2) is 0 Å². The van der Waals surface area contributed by atoms with Crippen molar-refractivity contribution in [1.82, 2.24) is 9.97 Å². The quantitative estimate of drug-likeness (QED) is 0.858. The Labute approximate surface area is 93.4 Å². The van der Waals surface area contributed by atoms with Crippen LogP contribution in [-0.4, -0.2) is 9.97 Å². The minimum absolute atomic E-state index is 0.204. The predicted octanol–water partition coefficient (Wildman–Crippen LogP) is 2.54. The van der Waals surface area contributed by atoms with Crippen LogP contribution in [0.15, 0.2) is 36.8 Å². The molecule has 0 atom stereocenters. The molecule has 16 heavy (non-hydrogen) atoms. The van der Waals surface area contributed by atoms with Gasteiger partial charge < -0.3 is 5.32 Å². The van der Waals surface area contributed by atoms with Crippen LogP contribution < -0.4 is 5.32 Å². The number of halogens is 1. The molecule has 0 aliphatic heterocycles. The molecule has 0 saturated carbocycles. The van der Waals surface area contributed by atoms with Crippen molar-refractivity contribution >= 4 is 5.69 Å². The number of aromatic nitrogens is 2. The van der Waals surface area contributed by atoms with Crippen LogP contribution >= 0.6 is 0 Å². The van der Waals surface area contributed by atoms with Crippen molar-refractivity contribution in [1.29, 1.82) is 0 Å². The number of hydrogen-bond donors (Lipinski definition) is 1. The zero-order valence-electron chi connectivity index (χ0n) is 8.94. The molecule has 2 rings (SSSR count). The molecule has 1 aromatic carbocycles. The summed E-state index contributed by atoms with van der Waals surface area (Å²) in [5.41, 5.74) is 2.21. The summed E-state index contributed by atoms with van der Waals surface area (Å²) in [4.78, 5) is 8.07. The maximum atomic E-state index is 13.2. The summed E-state index contributed by atoms with van der Waals surface area (Å²) < 4.78 is 13.2. The normalized spacial score (nSPS) is 10.1. The zero-order valence-corrected chi connectivity index (χ0v) is 8.94. The van der Waals surface area contributed by atoms with Crippen molar-refractivity contribution in [3.05, 3.63) is 53.9 Å². The monoisotopic (exact) mass is 217 g/mol. The van der Waals surface area contributed by atoms with Gasteiger partial charge >= 0.3 is 0 Å². The van der Waals surface area contributed by atoms with Crippen molar-refractivity contribution in [2.45, 2.75) is 13.5 Å². The van der Waals surface area contributed by atoms with Gasteiger partial charge in [-0.25, -0.2) is 4.39 Å². The molecule has 0 spiro atoms. The highest BCUT2D eigenvalue weighted by molar-refractivity contribution is 5.45. The van der Waals surface area contributed by atoms with Crippen molar-refractivity contribution in [2.75, 3.05) is 5.32 Å². The first-order chi connectivity index (χ1) is 7.75. The maximum absolute atomic E-state index is 13.2. The third-order valence-electron chi connectivity index (χ3n) is 2.26. The average Bonchev–Trinajstić information content (AvgIpc) is 2.32. The van der Waals surface area contributed by atoms with Gasteiger partial charge in [0.25, 0.3) is 0 Å². The maximum Gasteiger partial charge on any atom is 0.128 e. The van der Waals surface area contributed by atoms with Gasteiger partial charge in [-0.15, -0.1) is 0 Å². The van der Waals surface area contributed by atoms with E-state index in [4.69, 9.17) is 0 Å². The summed E-state index contributed by atoms with van der Waals surface area (Å²) in [5, 5.41) is 3.09. The molecular weight excluding hydrogens is 205 g/mol. The second-order valence-electron chi connectivity index (χ2n) is 3.51. The second kappa shape index (κ2) is 4.70. The van der Waals surface area contributed by atoms with Crippen molar-refractivity contribution in [3.8, 4) is 0 Å². The molecular formula is C12H12FN3. The third-order valence-corrected chi connectivity index (χ3v) is 2.26. The molecule has 2 aromatic rings. The molecule has 1 heterocycles. The standard InChI is InChI=1S/C12H12FN3/c1-9-2-3-10(6-12(9)13)16-8-11-7-14-4-5-15-11/h2-7,16H,8H2,1H3. The van der Waals surface area contributed by atoms with E-state index in [1.54, 1.807) is 31.6 Å². The van der Waals surface area contributed by atoms with Gasteiger partial charge in [-0.3, -0.25) is 9.97 Å². The van der Waals surface area contributed by atoms with Crippen LogP contribution in [0.2, 0.25) is 0 Å². The molecule has 1 N–H and O–H groups in total. The van der Waals surface area contributed by atoms with Crippen molar-refractivity contribution < 1.29 is 4.39 Å². The fraction of sp³-hybridized carbons (Fsp3) is 0.167. The van der Waals surface area contributed by atoms with Crippen molar-refractivity contribution in [2.24, 2.45) is 0 Å². The van der Waals surface area contributed by atoms with Gasteiger partial charge in [0.2, 0.25) is 0 Å². The molecule has 0 saturated heterocycles. The van der Waals surface area contributed by atoms with Gasteiger partial charge in [0, 0.05) is 18.1 Å². The summed E-state index contributed by atoms with van der Waals surface area (Å²) in [7, 11) is 0. The Morgan fingerprint density at radius 2 is 2.19 bits per heavy atom. The van der Waals surface area contributed by atoms with Crippen LogP contribution in [0.1, 0.15) is 11.3 Å². The lowest BCUT2D eigenvalue weighted by molar-refractivity contribution is 0.619.